The minimum atomic E-state index is -4.26. The fourth-order valence-corrected chi connectivity index (χ4v) is 1.90. The van der Waals surface area contributed by atoms with E-state index >= 15 is 0 Å². The Balaban J connectivity index is 2.81. The van der Waals surface area contributed by atoms with Crippen molar-refractivity contribution in [2.24, 2.45) is 0 Å². The number of nitrogen functional groups attached to an aromatic ring is 1. The molecule has 0 radical (unpaired) electrons. The standard InChI is InChI=1S/C14H19F3N2O/c1-13(2,10-4-6-11(18)7-5-10)12(20)19(3)9-8-14(15,16)17/h4-7H,8-9,18H2,1-3H3. The first kappa shape index (κ1) is 16.3. The maximum Gasteiger partial charge on any atom is 0.390 e. The predicted octanol–water partition coefficient (Wildman–Crippen LogP) is 2.96. The summed E-state index contributed by atoms with van der Waals surface area (Å²) in [6.45, 7) is 3.02. The number of likely N-dealkylation sites (N-methyl/N-ethyl adjacent to an activating group) is 1. The molecule has 0 saturated carbocycles. The largest absolute Gasteiger partial charge is 0.399 e. The fourth-order valence-electron chi connectivity index (χ4n) is 1.90. The summed E-state index contributed by atoms with van der Waals surface area (Å²) in [6, 6.07) is 6.76. The number of rotatable bonds is 4. The van der Waals surface area contributed by atoms with Gasteiger partial charge >= 0.3 is 6.18 Å². The Kier molecular flexibility index (Phi) is 4.68. The first-order valence-electron chi connectivity index (χ1n) is 6.22. The Hall–Kier alpha value is -1.72. The average molecular weight is 288 g/mol. The molecule has 0 aromatic heterocycles. The zero-order valence-corrected chi connectivity index (χ0v) is 11.8. The number of carbonyl (C=O) groups excluding carboxylic acids is 1. The Labute approximate surface area is 116 Å². The molecule has 0 aliphatic carbocycles. The van der Waals surface area contributed by atoms with Crippen LogP contribution in [-0.4, -0.2) is 30.6 Å². The van der Waals surface area contributed by atoms with Crippen LogP contribution in [0.1, 0.15) is 25.8 Å². The summed E-state index contributed by atoms with van der Waals surface area (Å²) in [5, 5.41) is 0. The summed E-state index contributed by atoms with van der Waals surface area (Å²) < 4.78 is 36.6. The summed E-state index contributed by atoms with van der Waals surface area (Å²) in [4.78, 5) is 13.4. The number of nitrogens with two attached hydrogens (primary N) is 1. The summed E-state index contributed by atoms with van der Waals surface area (Å²) in [7, 11) is 1.38. The van der Waals surface area contributed by atoms with E-state index in [2.05, 4.69) is 0 Å². The maximum atomic E-state index is 12.3. The third kappa shape index (κ3) is 4.15. The minimum Gasteiger partial charge on any atom is -0.399 e. The molecule has 1 aromatic carbocycles. The van der Waals surface area contributed by atoms with Crippen LogP contribution in [-0.2, 0) is 10.2 Å². The number of alkyl halides is 3. The highest BCUT2D eigenvalue weighted by Crippen LogP contribution is 2.27. The number of benzene rings is 1. The molecule has 0 aliphatic rings. The van der Waals surface area contributed by atoms with Crippen LogP contribution in [0.15, 0.2) is 24.3 Å². The molecule has 0 saturated heterocycles. The second-order valence-electron chi connectivity index (χ2n) is 5.34. The summed E-state index contributed by atoms with van der Waals surface area (Å²) >= 11 is 0. The molecule has 3 nitrogen and oxygen atoms in total. The van der Waals surface area contributed by atoms with Gasteiger partial charge in [-0.2, -0.15) is 13.2 Å². The maximum absolute atomic E-state index is 12.3. The minimum absolute atomic E-state index is 0.346. The Bertz CT molecular complexity index is 466. The zero-order chi connectivity index (χ0) is 15.6. The Morgan fingerprint density at radius 3 is 2.15 bits per heavy atom. The van der Waals surface area contributed by atoms with Crippen molar-refractivity contribution in [1.82, 2.24) is 4.90 Å². The van der Waals surface area contributed by atoms with E-state index in [0.717, 1.165) is 10.5 Å². The van der Waals surface area contributed by atoms with Crippen LogP contribution < -0.4 is 5.73 Å². The number of carbonyl (C=O) groups is 1. The van der Waals surface area contributed by atoms with E-state index in [0.29, 0.717) is 5.69 Å². The van der Waals surface area contributed by atoms with Crippen molar-refractivity contribution < 1.29 is 18.0 Å². The lowest BCUT2D eigenvalue weighted by Gasteiger charge is -2.30. The Morgan fingerprint density at radius 2 is 1.70 bits per heavy atom. The van der Waals surface area contributed by atoms with Gasteiger partial charge in [0.2, 0.25) is 5.91 Å². The number of anilines is 1. The highest BCUT2D eigenvalue weighted by Gasteiger charge is 2.34. The highest BCUT2D eigenvalue weighted by molar-refractivity contribution is 5.87. The average Bonchev–Trinajstić information content (AvgIpc) is 2.34. The van der Waals surface area contributed by atoms with Crippen molar-refractivity contribution in [2.75, 3.05) is 19.3 Å². The zero-order valence-electron chi connectivity index (χ0n) is 11.8. The highest BCUT2D eigenvalue weighted by atomic mass is 19.4. The third-order valence-corrected chi connectivity index (χ3v) is 3.24. The first-order valence-corrected chi connectivity index (χ1v) is 6.22. The topological polar surface area (TPSA) is 46.3 Å². The van der Waals surface area contributed by atoms with Crippen LogP contribution in [0.5, 0.6) is 0 Å². The molecule has 0 unspecified atom stereocenters. The molecule has 112 valence electrons. The van der Waals surface area contributed by atoms with E-state index in [4.69, 9.17) is 5.73 Å². The second kappa shape index (κ2) is 5.73. The second-order valence-corrected chi connectivity index (χ2v) is 5.34. The molecular formula is C14H19F3N2O. The first-order chi connectivity index (χ1) is 9.04. The van der Waals surface area contributed by atoms with Crippen molar-refractivity contribution in [1.29, 1.82) is 0 Å². The molecule has 1 amide bonds. The summed E-state index contributed by atoms with van der Waals surface area (Å²) in [5.41, 5.74) is 5.98. The normalized spacial score (nSPS) is 12.3. The van der Waals surface area contributed by atoms with Gasteiger partial charge in [0.05, 0.1) is 11.8 Å². The third-order valence-electron chi connectivity index (χ3n) is 3.24. The van der Waals surface area contributed by atoms with Gasteiger partial charge in [0.1, 0.15) is 0 Å². The lowest BCUT2D eigenvalue weighted by molar-refractivity contribution is -0.146. The van der Waals surface area contributed by atoms with Crippen molar-refractivity contribution in [3.8, 4) is 0 Å². The van der Waals surface area contributed by atoms with Crippen LogP contribution in [0.25, 0.3) is 0 Å². The molecule has 0 atom stereocenters. The molecule has 20 heavy (non-hydrogen) atoms. The van der Waals surface area contributed by atoms with Gasteiger partial charge in [-0.3, -0.25) is 4.79 Å². The Morgan fingerprint density at radius 1 is 1.20 bits per heavy atom. The number of hydrogen-bond acceptors (Lipinski definition) is 2. The van der Waals surface area contributed by atoms with Gasteiger partial charge in [0.15, 0.2) is 0 Å². The van der Waals surface area contributed by atoms with Gasteiger partial charge in [-0.25, -0.2) is 0 Å². The number of hydrogen-bond donors (Lipinski definition) is 1. The van der Waals surface area contributed by atoms with Crippen LogP contribution in [0.4, 0.5) is 18.9 Å². The van der Waals surface area contributed by atoms with Gasteiger partial charge in [-0.05, 0) is 31.5 Å². The lowest BCUT2D eigenvalue weighted by Crippen LogP contribution is -2.42. The van der Waals surface area contributed by atoms with Gasteiger partial charge in [-0.15, -0.1) is 0 Å². The molecule has 0 heterocycles. The van der Waals surface area contributed by atoms with E-state index in [1.807, 2.05) is 0 Å². The smallest absolute Gasteiger partial charge is 0.390 e. The molecule has 0 fully saturated rings. The molecule has 2 N–H and O–H groups in total. The summed E-state index contributed by atoms with van der Waals surface area (Å²) in [6.07, 6.45) is -5.27. The van der Waals surface area contributed by atoms with Gasteiger partial charge in [-0.1, -0.05) is 12.1 Å². The van der Waals surface area contributed by atoms with Crippen molar-refractivity contribution in [2.45, 2.75) is 31.9 Å². The van der Waals surface area contributed by atoms with Crippen molar-refractivity contribution in [3.05, 3.63) is 29.8 Å². The van der Waals surface area contributed by atoms with Gasteiger partial charge in [0.25, 0.3) is 0 Å². The van der Waals surface area contributed by atoms with Crippen molar-refractivity contribution >= 4 is 11.6 Å². The molecule has 0 aliphatic heterocycles. The monoisotopic (exact) mass is 288 g/mol. The molecule has 0 spiro atoms. The number of halogens is 3. The number of amides is 1. The quantitative estimate of drug-likeness (QED) is 0.866. The predicted molar refractivity (Wildman–Crippen MR) is 72.2 cm³/mol. The molecule has 0 bridgehead atoms. The van der Waals surface area contributed by atoms with Crippen LogP contribution >= 0.6 is 0 Å². The van der Waals surface area contributed by atoms with Crippen LogP contribution in [0.2, 0.25) is 0 Å². The molecule has 1 rings (SSSR count). The summed E-state index contributed by atoms with van der Waals surface area (Å²) in [5.74, 6) is -0.355. The van der Waals surface area contributed by atoms with E-state index in [9.17, 15) is 18.0 Å². The van der Waals surface area contributed by atoms with E-state index in [1.54, 1.807) is 38.1 Å². The molecule has 1 aromatic rings. The molecule has 6 heteroatoms. The van der Waals surface area contributed by atoms with Crippen LogP contribution in [0.3, 0.4) is 0 Å². The van der Waals surface area contributed by atoms with E-state index < -0.39 is 18.0 Å². The van der Waals surface area contributed by atoms with Crippen LogP contribution in [0, 0.1) is 0 Å². The van der Waals surface area contributed by atoms with Gasteiger partial charge < -0.3 is 10.6 Å². The number of nitrogens with zero attached hydrogens (tertiary/aromatic N) is 1. The SMILES string of the molecule is CN(CCC(F)(F)F)C(=O)C(C)(C)c1ccc(N)cc1. The van der Waals surface area contributed by atoms with Gasteiger partial charge in [0, 0.05) is 19.3 Å². The fraction of sp³-hybridized carbons (Fsp3) is 0.500. The van der Waals surface area contributed by atoms with E-state index in [-0.39, 0.29) is 12.5 Å². The van der Waals surface area contributed by atoms with E-state index in [1.165, 1.54) is 7.05 Å². The molecular weight excluding hydrogens is 269 g/mol. The lowest BCUT2D eigenvalue weighted by atomic mass is 9.83. The van der Waals surface area contributed by atoms with Crippen molar-refractivity contribution in [3.63, 3.8) is 0 Å².